The number of hydrogen-bond donors (Lipinski definition) is 3. The van der Waals surface area contributed by atoms with E-state index in [-0.39, 0.29) is 19.6 Å². The Balaban J connectivity index is 1.81. The summed E-state index contributed by atoms with van der Waals surface area (Å²) in [5, 5.41) is 8.17. The molecule has 0 fully saturated rings. The maximum absolute atomic E-state index is 13.8. The lowest BCUT2D eigenvalue weighted by Crippen LogP contribution is -2.68. The summed E-state index contributed by atoms with van der Waals surface area (Å²) in [5.74, 6) is -0.575. The smallest absolute Gasteiger partial charge is 0.409 e. The molecule has 8 heteroatoms. The Morgan fingerprint density at radius 2 is 1.35 bits per heavy atom. The molecule has 40 heavy (non-hydrogen) atoms. The number of carbonyl (C=O) groups is 3. The van der Waals surface area contributed by atoms with Crippen molar-refractivity contribution < 1.29 is 23.9 Å². The Labute approximate surface area is 236 Å². The zero-order valence-corrected chi connectivity index (χ0v) is 23.7. The van der Waals surface area contributed by atoms with Gasteiger partial charge in [0.2, 0.25) is 0 Å². The summed E-state index contributed by atoms with van der Waals surface area (Å²) in [5.41, 5.74) is 1.13. The second-order valence-corrected chi connectivity index (χ2v) is 10.6. The number of carbonyl (C=O) groups excluding carboxylic acids is 3. The SMILES string of the molecule is CCCCC(NC(=O)OCc1ccccc1)(NC(=O)OC(C)(C)C)C(=O)NCc1cccc(-c2ccccc2)c1. The molecule has 0 aliphatic heterocycles. The Kier molecular flexibility index (Phi) is 10.7. The van der Waals surface area contributed by atoms with Crippen LogP contribution in [0.25, 0.3) is 11.1 Å². The number of hydrogen-bond acceptors (Lipinski definition) is 5. The van der Waals surface area contributed by atoms with Gasteiger partial charge in [-0.3, -0.25) is 15.4 Å². The van der Waals surface area contributed by atoms with Crippen molar-refractivity contribution in [3.63, 3.8) is 0 Å². The quantitative estimate of drug-likeness (QED) is 0.245. The van der Waals surface area contributed by atoms with Crippen molar-refractivity contribution in [1.29, 1.82) is 0 Å². The van der Waals surface area contributed by atoms with Crippen molar-refractivity contribution in [2.24, 2.45) is 0 Å². The van der Waals surface area contributed by atoms with Crippen molar-refractivity contribution >= 4 is 18.1 Å². The molecule has 0 aromatic heterocycles. The van der Waals surface area contributed by atoms with Crippen molar-refractivity contribution in [2.45, 2.75) is 71.4 Å². The molecule has 0 aliphatic carbocycles. The molecule has 0 bridgehead atoms. The molecule has 3 N–H and O–H groups in total. The van der Waals surface area contributed by atoms with Gasteiger partial charge in [0.1, 0.15) is 12.2 Å². The molecule has 1 atom stereocenters. The van der Waals surface area contributed by atoms with E-state index in [1.54, 1.807) is 20.8 Å². The van der Waals surface area contributed by atoms with Gasteiger partial charge in [-0.1, -0.05) is 92.2 Å². The maximum Gasteiger partial charge on any atom is 0.409 e. The summed E-state index contributed by atoms with van der Waals surface area (Å²) in [6, 6.07) is 26.9. The molecule has 8 nitrogen and oxygen atoms in total. The molecule has 1 unspecified atom stereocenters. The van der Waals surface area contributed by atoms with E-state index in [9.17, 15) is 14.4 Å². The molecule has 0 saturated heterocycles. The lowest BCUT2D eigenvalue weighted by atomic mass is 10.0. The fourth-order valence-electron chi connectivity index (χ4n) is 4.06. The number of benzene rings is 3. The summed E-state index contributed by atoms with van der Waals surface area (Å²) in [6.45, 7) is 7.32. The summed E-state index contributed by atoms with van der Waals surface area (Å²) in [6.07, 6.45) is -0.249. The van der Waals surface area contributed by atoms with Gasteiger partial charge in [-0.05, 0) is 61.9 Å². The highest BCUT2D eigenvalue weighted by atomic mass is 16.6. The molecule has 212 valence electrons. The van der Waals surface area contributed by atoms with E-state index in [1.165, 1.54) is 0 Å². The van der Waals surface area contributed by atoms with E-state index < -0.39 is 29.4 Å². The van der Waals surface area contributed by atoms with E-state index in [0.29, 0.717) is 6.42 Å². The first-order chi connectivity index (χ1) is 19.1. The van der Waals surface area contributed by atoms with Gasteiger partial charge in [0.05, 0.1) is 0 Å². The fourth-order valence-corrected chi connectivity index (χ4v) is 4.06. The highest BCUT2D eigenvalue weighted by Crippen LogP contribution is 2.21. The van der Waals surface area contributed by atoms with Crippen molar-refractivity contribution in [1.82, 2.24) is 16.0 Å². The van der Waals surface area contributed by atoms with Crippen LogP contribution in [0.15, 0.2) is 84.9 Å². The topological polar surface area (TPSA) is 106 Å². The second-order valence-electron chi connectivity index (χ2n) is 10.6. The van der Waals surface area contributed by atoms with Crippen LogP contribution >= 0.6 is 0 Å². The van der Waals surface area contributed by atoms with E-state index in [0.717, 1.165) is 28.7 Å². The van der Waals surface area contributed by atoms with Crippen LogP contribution in [0.4, 0.5) is 9.59 Å². The average molecular weight is 546 g/mol. The predicted octanol–water partition coefficient (Wildman–Crippen LogP) is 6.31. The summed E-state index contributed by atoms with van der Waals surface area (Å²) in [7, 11) is 0. The van der Waals surface area contributed by atoms with Crippen LogP contribution in [0, 0.1) is 0 Å². The summed E-state index contributed by atoms with van der Waals surface area (Å²) < 4.78 is 10.8. The molecule has 0 radical (unpaired) electrons. The van der Waals surface area contributed by atoms with E-state index in [1.807, 2.05) is 91.9 Å². The highest BCUT2D eigenvalue weighted by molar-refractivity contribution is 5.92. The molecule has 0 spiro atoms. The van der Waals surface area contributed by atoms with Gasteiger partial charge in [-0.25, -0.2) is 9.59 Å². The molecule has 0 heterocycles. The van der Waals surface area contributed by atoms with Gasteiger partial charge >= 0.3 is 12.2 Å². The van der Waals surface area contributed by atoms with Gasteiger partial charge < -0.3 is 14.8 Å². The van der Waals surface area contributed by atoms with E-state index in [2.05, 4.69) is 16.0 Å². The van der Waals surface area contributed by atoms with Gasteiger partial charge in [0, 0.05) is 6.54 Å². The third-order valence-corrected chi connectivity index (χ3v) is 6.02. The van der Waals surface area contributed by atoms with Crippen molar-refractivity contribution in [3.05, 3.63) is 96.1 Å². The minimum Gasteiger partial charge on any atom is -0.445 e. The van der Waals surface area contributed by atoms with Crippen LogP contribution in [0.2, 0.25) is 0 Å². The lowest BCUT2D eigenvalue weighted by Gasteiger charge is -2.34. The Hall–Kier alpha value is -4.33. The number of nitrogens with one attached hydrogen (secondary N) is 3. The Bertz CT molecular complexity index is 1260. The zero-order chi connectivity index (χ0) is 29.0. The monoisotopic (exact) mass is 545 g/mol. The molecule has 0 saturated carbocycles. The first-order valence-corrected chi connectivity index (χ1v) is 13.5. The van der Waals surface area contributed by atoms with Gasteiger partial charge in [0.25, 0.3) is 5.91 Å². The number of amides is 3. The minimum absolute atomic E-state index is 0.0108. The van der Waals surface area contributed by atoms with E-state index >= 15 is 0 Å². The summed E-state index contributed by atoms with van der Waals surface area (Å²) in [4.78, 5) is 39.6. The Morgan fingerprint density at radius 1 is 0.750 bits per heavy atom. The lowest BCUT2D eigenvalue weighted by molar-refractivity contribution is -0.129. The average Bonchev–Trinajstić information content (AvgIpc) is 2.93. The largest absolute Gasteiger partial charge is 0.445 e. The molecule has 0 aliphatic rings. The number of unbranched alkanes of at least 4 members (excludes halogenated alkanes) is 1. The molecular formula is C32H39N3O5. The first-order valence-electron chi connectivity index (χ1n) is 13.5. The number of ether oxygens (including phenoxy) is 2. The van der Waals surface area contributed by atoms with E-state index in [4.69, 9.17) is 9.47 Å². The maximum atomic E-state index is 13.8. The zero-order valence-electron chi connectivity index (χ0n) is 23.7. The van der Waals surface area contributed by atoms with Crippen LogP contribution in [0.3, 0.4) is 0 Å². The third-order valence-electron chi connectivity index (χ3n) is 6.02. The van der Waals surface area contributed by atoms with Gasteiger partial charge in [0.15, 0.2) is 5.66 Å². The Morgan fingerprint density at radius 3 is 2.00 bits per heavy atom. The third kappa shape index (κ3) is 9.45. The predicted molar refractivity (Wildman–Crippen MR) is 155 cm³/mol. The second kappa shape index (κ2) is 14.2. The summed E-state index contributed by atoms with van der Waals surface area (Å²) >= 11 is 0. The number of rotatable bonds is 11. The van der Waals surface area contributed by atoms with Crippen LogP contribution in [0.5, 0.6) is 0 Å². The normalized spacial score (nSPS) is 12.5. The van der Waals surface area contributed by atoms with Crippen LogP contribution in [0.1, 0.15) is 58.1 Å². The van der Waals surface area contributed by atoms with Crippen molar-refractivity contribution in [3.8, 4) is 11.1 Å². The van der Waals surface area contributed by atoms with Gasteiger partial charge in [-0.2, -0.15) is 0 Å². The van der Waals surface area contributed by atoms with Crippen LogP contribution in [-0.4, -0.2) is 29.4 Å². The van der Waals surface area contributed by atoms with Crippen molar-refractivity contribution in [2.75, 3.05) is 0 Å². The minimum atomic E-state index is -1.79. The van der Waals surface area contributed by atoms with Crippen LogP contribution < -0.4 is 16.0 Å². The number of alkyl carbamates (subject to hydrolysis) is 2. The fraction of sp³-hybridized carbons (Fsp3) is 0.344. The molecule has 3 amide bonds. The van der Waals surface area contributed by atoms with Crippen LogP contribution in [-0.2, 0) is 27.4 Å². The first kappa shape index (κ1) is 30.2. The molecule has 3 rings (SSSR count). The molecule has 3 aromatic rings. The van der Waals surface area contributed by atoms with Gasteiger partial charge in [-0.15, -0.1) is 0 Å². The highest BCUT2D eigenvalue weighted by Gasteiger charge is 2.42. The molecular weight excluding hydrogens is 506 g/mol. The standard InChI is InChI=1S/C32H39N3O5/c1-5-6-20-32(35-30(38)40-31(2,3)4,34-29(37)39-23-24-14-9-7-10-15-24)28(36)33-22-25-16-13-19-27(21-25)26-17-11-8-12-18-26/h7-19,21H,5-6,20,22-23H2,1-4H3,(H,33,36)(H,34,37)(H,35,38). The molecule has 3 aromatic carbocycles.